The molecular weight excluding hydrogens is 238 g/mol. The Morgan fingerprint density at radius 2 is 2.53 bits per heavy atom. The summed E-state index contributed by atoms with van der Waals surface area (Å²) in [6, 6.07) is 0. The number of methoxy groups -OCH3 is 1. The van der Waals surface area contributed by atoms with Crippen molar-refractivity contribution in [1.29, 1.82) is 0 Å². The number of anilines is 1. The van der Waals surface area contributed by atoms with E-state index in [1.165, 1.54) is 0 Å². The fraction of sp³-hybridized carbons (Fsp3) is 0.818. The number of nitrogens with zero attached hydrogens (tertiary/aromatic N) is 3. The topological polar surface area (TPSA) is 58.5 Å². The lowest BCUT2D eigenvalue weighted by atomic mass is 9.80. The molecule has 17 heavy (non-hydrogen) atoms. The minimum absolute atomic E-state index is 0.218. The highest BCUT2D eigenvalue weighted by molar-refractivity contribution is 7.13. The van der Waals surface area contributed by atoms with Crippen LogP contribution in [-0.4, -0.2) is 47.7 Å². The normalized spacial score (nSPS) is 29.6. The summed E-state index contributed by atoms with van der Waals surface area (Å²) >= 11 is 1.55. The summed E-state index contributed by atoms with van der Waals surface area (Å²) in [6.07, 6.45) is 1.46. The van der Waals surface area contributed by atoms with Crippen LogP contribution in [0.15, 0.2) is 5.51 Å². The highest BCUT2D eigenvalue weighted by Gasteiger charge is 2.38. The Bertz CT molecular complexity index is 346. The van der Waals surface area contributed by atoms with Gasteiger partial charge in [0.25, 0.3) is 0 Å². The molecule has 0 radical (unpaired) electrons. The molecule has 2 atom stereocenters. The maximum absolute atomic E-state index is 10.5. The van der Waals surface area contributed by atoms with Crippen molar-refractivity contribution in [3.63, 3.8) is 0 Å². The predicted octanol–water partition coefficient (Wildman–Crippen LogP) is 1.15. The summed E-state index contributed by atoms with van der Waals surface area (Å²) in [5.41, 5.74) is 1.14. The first-order chi connectivity index (χ1) is 8.15. The summed E-state index contributed by atoms with van der Waals surface area (Å²) in [5.74, 6) is 0.218. The van der Waals surface area contributed by atoms with Gasteiger partial charge in [-0.2, -0.15) is 0 Å². The van der Waals surface area contributed by atoms with Crippen molar-refractivity contribution in [2.75, 3.05) is 31.7 Å². The Hall–Kier alpha value is -0.720. The molecule has 0 amide bonds. The van der Waals surface area contributed by atoms with Crippen LogP contribution >= 0.6 is 11.3 Å². The van der Waals surface area contributed by atoms with Crippen molar-refractivity contribution >= 4 is 16.5 Å². The Labute approximate surface area is 105 Å². The second-order valence-electron chi connectivity index (χ2n) is 4.66. The number of ether oxygens (including phenoxy) is 1. The summed E-state index contributed by atoms with van der Waals surface area (Å²) in [5, 5.41) is 19.4. The van der Waals surface area contributed by atoms with Crippen LogP contribution in [0, 0.1) is 5.92 Å². The molecule has 0 aromatic carbocycles. The Balaban J connectivity index is 1.97. The number of aliphatic hydroxyl groups is 1. The largest absolute Gasteiger partial charge is 0.389 e. The number of aromatic nitrogens is 2. The highest BCUT2D eigenvalue weighted by atomic mass is 32.1. The first-order valence-electron chi connectivity index (χ1n) is 5.88. The molecule has 0 unspecified atom stereocenters. The van der Waals surface area contributed by atoms with Gasteiger partial charge in [0.1, 0.15) is 5.51 Å². The third kappa shape index (κ3) is 2.75. The summed E-state index contributed by atoms with van der Waals surface area (Å²) in [6.45, 7) is 4.36. The van der Waals surface area contributed by atoms with E-state index in [2.05, 4.69) is 22.0 Å². The molecule has 0 aliphatic carbocycles. The number of hydrogen-bond acceptors (Lipinski definition) is 6. The van der Waals surface area contributed by atoms with Crippen LogP contribution in [0.5, 0.6) is 0 Å². The average molecular weight is 257 g/mol. The van der Waals surface area contributed by atoms with Gasteiger partial charge in [-0.3, -0.25) is 0 Å². The van der Waals surface area contributed by atoms with E-state index in [-0.39, 0.29) is 5.92 Å². The van der Waals surface area contributed by atoms with E-state index in [1.54, 1.807) is 24.0 Å². The van der Waals surface area contributed by atoms with E-state index in [9.17, 15) is 5.11 Å². The lowest BCUT2D eigenvalue weighted by Crippen LogP contribution is -2.51. The zero-order chi connectivity index (χ0) is 12.3. The van der Waals surface area contributed by atoms with Gasteiger partial charge >= 0.3 is 0 Å². The highest BCUT2D eigenvalue weighted by Crippen LogP contribution is 2.33. The van der Waals surface area contributed by atoms with Crippen LogP contribution in [-0.2, 0) is 4.74 Å². The lowest BCUT2D eigenvalue weighted by Gasteiger charge is -2.43. The zero-order valence-corrected chi connectivity index (χ0v) is 11.1. The van der Waals surface area contributed by atoms with Crippen molar-refractivity contribution in [1.82, 2.24) is 10.2 Å². The average Bonchev–Trinajstić information content (AvgIpc) is 2.84. The van der Waals surface area contributed by atoms with Gasteiger partial charge in [-0.25, -0.2) is 0 Å². The van der Waals surface area contributed by atoms with Gasteiger partial charge in [-0.05, 0) is 12.8 Å². The first kappa shape index (κ1) is 12.7. The molecule has 2 heterocycles. The molecule has 6 heteroatoms. The SMILES string of the molecule is COCC[C@@]1(O)CCN(c2nncs2)C[C@@H]1C. The van der Waals surface area contributed by atoms with Gasteiger partial charge in [0, 0.05) is 32.7 Å². The van der Waals surface area contributed by atoms with Gasteiger partial charge in [0.2, 0.25) is 5.13 Å². The van der Waals surface area contributed by atoms with Crippen molar-refractivity contribution < 1.29 is 9.84 Å². The number of rotatable bonds is 4. The molecule has 1 aromatic rings. The van der Waals surface area contributed by atoms with Crippen molar-refractivity contribution in [2.45, 2.75) is 25.4 Å². The maximum atomic E-state index is 10.5. The van der Waals surface area contributed by atoms with E-state index in [0.29, 0.717) is 13.0 Å². The predicted molar refractivity (Wildman–Crippen MR) is 67.3 cm³/mol. The van der Waals surface area contributed by atoms with Crippen LogP contribution < -0.4 is 4.90 Å². The molecule has 1 aliphatic heterocycles. The van der Waals surface area contributed by atoms with Gasteiger partial charge in [0.05, 0.1) is 5.60 Å². The fourth-order valence-electron chi connectivity index (χ4n) is 2.30. The minimum Gasteiger partial charge on any atom is -0.389 e. The standard InChI is InChI=1S/C11H19N3O2S/c1-9-7-14(10-13-12-8-17-10)5-3-11(9,15)4-6-16-2/h8-9,15H,3-7H2,1-2H3/t9-,11-/m0/s1. The molecule has 0 saturated carbocycles. The van der Waals surface area contributed by atoms with Gasteiger partial charge in [0.15, 0.2) is 0 Å². The van der Waals surface area contributed by atoms with Gasteiger partial charge in [-0.15, -0.1) is 10.2 Å². The van der Waals surface area contributed by atoms with E-state index >= 15 is 0 Å². The third-order valence-corrected chi connectivity index (χ3v) is 4.33. The second kappa shape index (κ2) is 5.29. The van der Waals surface area contributed by atoms with Crippen LogP contribution in [0.1, 0.15) is 19.8 Å². The molecule has 1 fully saturated rings. The summed E-state index contributed by atoms with van der Waals surface area (Å²) in [7, 11) is 1.67. The second-order valence-corrected chi connectivity index (χ2v) is 5.48. The van der Waals surface area contributed by atoms with Crippen LogP contribution in [0.25, 0.3) is 0 Å². The maximum Gasteiger partial charge on any atom is 0.208 e. The lowest BCUT2D eigenvalue weighted by molar-refractivity contribution is -0.0488. The summed E-state index contributed by atoms with van der Waals surface area (Å²) < 4.78 is 5.06. The zero-order valence-electron chi connectivity index (χ0n) is 10.3. The Kier molecular flexibility index (Phi) is 3.96. The van der Waals surface area contributed by atoms with E-state index in [1.807, 2.05) is 0 Å². The molecule has 2 rings (SSSR count). The molecule has 1 aromatic heterocycles. The quantitative estimate of drug-likeness (QED) is 0.877. The Morgan fingerprint density at radius 3 is 3.12 bits per heavy atom. The summed E-state index contributed by atoms with van der Waals surface area (Å²) in [4.78, 5) is 2.20. The van der Waals surface area contributed by atoms with Crippen molar-refractivity contribution in [3.05, 3.63) is 5.51 Å². The molecule has 0 bridgehead atoms. The van der Waals surface area contributed by atoms with Crippen LogP contribution in [0.3, 0.4) is 0 Å². The minimum atomic E-state index is -0.600. The number of piperidine rings is 1. The molecular formula is C11H19N3O2S. The molecule has 1 saturated heterocycles. The van der Waals surface area contributed by atoms with Crippen LogP contribution in [0.2, 0.25) is 0 Å². The van der Waals surface area contributed by atoms with Crippen molar-refractivity contribution in [2.24, 2.45) is 5.92 Å². The molecule has 96 valence electrons. The van der Waals surface area contributed by atoms with E-state index in [0.717, 1.165) is 24.6 Å². The Morgan fingerprint density at radius 1 is 1.71 bits per heavy atom. The fourth-order valence-corrected chi connectivity index (χ4v) is 2.89. The van der Waals surface area contributed by atoms with E-state index in [4.69, 9.17) is 4.74 Å². The molecule has 0 spiro atoms. The molecule has 5 nitrogen and oxygen atoms in total. The monoisotopic (exact) mass is 257 g/mol. The smallest absolute Gasteiger partial charge is 0.208 e. The van der Waals surface area contributed by atoms with E-state index < -0.39 is 5.60 Å². The van der Waals surface area contributed by atoms with Gasteiger partial charge < -0.3 is 14.7 Å². The molecule has 1 N–H and O–H groups in total. The van der Waals surface area contributed by atoms with Gasteiger partial charge in [-0.1, -0.05) is 18.3 Å². The number of hydrogen-bond donors (Lipinski definition) is 1. The third-order valence-electron chi connectivity index (χ3n) is 3.58. The molecule has 1 aliphatic rings. The van der Waals surface area contributed by atoms with Crippen molar-refractivity contribution in [3.8, 4) is 0 Å². The van der Waals surface area contributed by atoms with Crippen LogP contribution in [0.4, 0.5) is 5.13 Å². The first-order valence-corrected chi connectivity index (χ1v) is 6.76.